The van der Waals surface area contributed by atoms with Crippen LogP contribution in [-0.4, -0.2) is 70.5 Å². The molecule has 2 aliphatic heterocycles. The molecule has 1 amide bonds. The van der Waals surface area contributed by atoms with Gasteiger partial charge in [-0.15, -0.1) is 5.10 Å². The van der Waals surface area contributed by atoms with Gasteiger partial charge in [0.25, 0.3) is 15.9 Å². The molecule has 238 valence electrons. The lowest BCUT2D eigenvalue weighted by atomic mass is 9.93. The van der Waals surface area contributed by atoms with Gasteiger partial charge in [-0.05, 0) is 99.8 Å². The number of aliphatic hydroxyl groups excluding tert-OH is 1. The normalized spacial score (nSPS) is 25.8. The number of anilines is 2. The van der Waals surface area contributed by atoms with Crippen molar-refractivity contribution in [3.05, 3.63) is 48.2 Å². The van der Waals surface area contributed by atoms with Gasteiger partial charge in [-0.1, -0.05) is 6.07 Å². The van der Waals surface area contributed by atoms with Gasteiger partial charge in [0.05, 0.1) is 11.7 Å². The van der Waals surface area contributed by atoms with Crippen LogP contribution in [0.4, 0.5) is 11.6 Å². The van der Waals surface area contributed by atoms with Gasteiger partial charge in [0.1, 0.15) is 18.2 Å². The molecule has 8 rings (SSSR count). The van der Waals surface area contributed by atoms with E-state index in [0.717, 1.165) is 19.3 Å². The van der Waals surface area contributed by atoms with Crippen LogP contribution < -0.4 is 19.7 Å². The molecule has 3 aromatic rings. The Hall–Kier alpha value is -3.71. The Morgan fingerprint density at radius 2 is 1.87 bits per heavy atom. The molecule has 0 radical (unpaired) electrons. The number of fused-ring (bicyclic) bond motifs is 7. The molecule has 3 saturated carbocycles. The number of pyridine rings is 2. The maximum absolute atomic E-state index is 13.6. The first-order valence-corrected chi connectivity index (χ1v) is 17.4. The van der Waals surface area contributed by atoms with Crippen LogP contribution >= 0.6 is 0 Å². The molecule has 3 aromatic heterocycles. The van der Waals surface area contributed by atoms with Gasteiger partial charge in [-0.25, -0.2) is 19.4 Å². The SMILES string of the molecule is CC1(C)C[C@@H]2CCCNc3cccc(n3)S(=O)(=O)NC(=O)c3ccc(-n4ccc(OC[C@@H](O)C5C6(CC6)C56CC6)n4)nc3N1C2. The monoisotopic (exact) mass is 633 g/mol. The van der Waals surface area contributed by atoms with Crippen LogP contribution in [0.3, 0.4) is 0 Å². The van der Waals surface area contributed by atoms with Crippen LogP contribution in [0.5, 0.6) is 5.88 Å². The van der Waals surface area contributed by atoms with Crippen molar-refractivity contribution >= 4 is 27.6 Å². The van der Waals surface area contributed by atoms with Gasteiger partial charge in [0, 0.05) is 36.8 Å². The number of aliphatic hydroxyl groups is 1. The predicted molar refractivity (Wildman–Crippen MR) is 166 cm³/mol. The van der Waals surface area contributed by atoms with E-state index in [2.05, 4.69) is 38.9 Å². The molecule has 5 aliphatic rings. The summed E-state index contributed by atoms with van der Waals surface area (Å²) in [6.45, 7) is 5.78. The fourth-order valence-corrected chi connectivity index (χ4v) is 9.52. The molecule has 4 fully saturated rings. The van der Waals surface area contributed by atoms with E-state index in [9.17, 15) is 18.3 Å². The summed E-state index contributed by atoms with van der Waals surface area (Å²) in [6, 6.07) is 9.66. The van der Waals surface area contributed by atoms with E-state index in [1.54, 1.807) is 41.2 Å². The molecule has 1 saturated heterocycles. The van der Waals surface area contributed by atoms with E-state index in [1.807, 2.05) is 0 Å². The highest BCUT2D eigenvalue weighted by Crippen LogP contribution is 2.93. The highest BCUT2D eigenvalue weighted by molar-refractivity contribution is 7.90. The van der Waals surface area contributed by atoms with Gasteiger partial charge in [0.2, 0.25) is 5.88 Å². The van der Waals surface area contributed by atoms with E-state index in [0.29, 0.717) is 59.1 Å². The quantitative estimate of drug-likeness (QED) is 0.381. The second-order valence-electron chi connectivity index (χ2n) is 14.2. The third-order valence-electron chi connectivity index (χ3n) is 10.9. The third-order valence-corrected chi connectivity index (χ3v) is 12.1. The average Bonchev–Trinajstić information content (AvgIpc) is 3.96. The number of nitrogens with one attached hydrogen (secondary N) is 2. The Bertz CT molecular complexity index is 1760. The minimum atomic E-state index is -4.25. The van der Waals surface area contributed by atoms with Crippen molar-refractivity contribution < 1.29 is 23.1 Å². The first-order valence-electron chi connectivity index (χ1n) is 16.0. The maximum atomic E-state index is 13.6. The number of ether oxygens (including phenoxy) is 1. The number of carbonyl (C=O) groups is 1. The van der Waals surface area contributed by atoms with E-state index in [4.69, 9.17) is 9.72 Å². The van der Waals surface area contributed by atoms with Gasteiger partial charge in [-0.2, -0.15) is 8.42 Å². The Balaban J connectivity index is 1.08. The van der Waals surface area contributed by atoms with Crippen molar-refractivity contribution in [3.63, 3.8) is 0 Å². The Kier molecular flexibility index (Phi) is 6.32. The fourth-order valence-electron chi connectivity index (χ4n) is 8.58. The van der Waals surface area contributed by atoms with Crippen molar-refractivity contribution in [2.75, 3.05) is 29.9 Å². The molecular weight excluding hydrogens is 594 g/mol. The van der Waals surface area contributed by atoms with Crippen LogP contribution in [0.2, 0.25) is 0 Å². The number of sulfonamides is 1. The van der Waals surface area contributed by atoms with Gasteiger partial charge >= 0.3 is 0 Å². The standard InChI is InChI=1S/C32H39N7O5S/c1-30(2)17-20-5-4-15-33-23-6-3-7-26(34-23)45(42,43)37-29(41)21-8-9-24(35-28(21)38(30)18-20)39-16-10-25(36-39)44-19-22(40)27-31(11-12-31)32(27)13-14-32/h3,6-10,16,20,22,27,40H,4-5,11-15,17-19H2,1-2H3,(H,33,34)(H,37,41)/t20-,22+/m0/s1. The minimum Gasteiger partial charge on any atom is -0.474 e. The number of hydrogen-bond donors (Lipinski definition) is 3. The summed E-state index contributed by atoms with van der Waals surface area (Å²) >= 11 is 0. The van der Waals surface area contributed by atoms with Crippen LogP contribution in [0.25, 0.3) is 5.82 Å². The predicted octanol–water partition coefficient (Wildman–Crippen LogP) is 3.52. The van der Waals surface area contributed by atoms with Crippen LogP contribution in [0.1, 0.15) is 69.2 Å². The maximum Gasteiger partial charge on any atom is 0.281 e. The summed E-state index contributed by atoms with van der Waals surface area (Å²) in [5.41, 5.74) is 0.604. The smallest absolute Gasteiger partial charge is 0.281 e. The molecule has 0 unspecified atom stereocenters. The number of rotatable bonds is 5. The van der Waals surface area contributed by atoms with Crippen LogP contribution in [0, 0.1) is 22.7 Å². The fraction of sp³-hybridized carbons (Fsp3) is 0.562. The molecule has 4 bridgehead atoms. The first-order chi connectivity index (χ1) is 21.5. The summed E-state index contributed by atoms with van der Waals surface area (Å²) in [7, 11) is -4.25. The topological polar surface area (TPSA) is 152 Å². The van der Waals surface area contributed by atoms with Crippen molar-refractivity contribution in [1.29, 1.82) is 0 Å². The highest BCUT2D eigenvalue weighted by atomic mass is 32.2. The average molecular weight is 634 g/mol. The van der Waals surface area contributed by atoms with Crippen molar-refractivity contribution in [2.24, 2.45) is 22.7 Å². The Labute approximate surface area is 262 Å². The lowest BCUT2D eigenvalue weighted by Crippen LogP contribution is -2.41. The molecule has 3 N–H and O–H groups in total. The number of hydrogen-bond acceptors (Lipinski definition) is 10. The zero-order chi connectivity index (χ0) is 31.2. The summed E-state index contributed by atoms with van der Waals surface area (Å²) in [6.07, 6.45) is 8.90. The molecule has 12 nitrogen and oxygen atoms in total. The number of amides is 1. The lowest BCUT2D eigenvalue weighted by Gasteiger charge is -2.34. The zero-order valence-corrected chi connectivity index (χ0v) is 26.4. The Morgan fingerprint density at radius 1 is 1.09 bits per heavy atom. The van der Waals surface area contributed by atoms with E-state index in [-0.39, 0.29) is 22.7 Å². The van der Waals surface area contributed by atoms with Crippen molar-refractivity contribution in [1.82, 2.24) is 24.5 Å². The molecule has 2 atom stereocenters. The van der Waals surface area contributed by atoms with E-state index in [1.165, 1.54) is 31.7 Å². The molecule has 5 heterocycles. The summed E-state index contributed by atoms with van der Waals surface area (Å²) in [5.74, 6) is 1.63. The molecule has 0 aromatic carbocycles. The summed E-state index contributed by atoms with van der Waals surface area (Å²) < 4.78 is 36.2. The van der Waals surface area contributed by atoms with Gasteiger partial charge in [0.15, 0.2) is 10.8 Å². The molecule has 13 heteroatoms. The first kappa shape index (κ1) is 28.7. The Morgan fingerprint density at radius 3 is 2.62 bits per heavy atom. The summed E-state index contributed by atoms with van der Waals surface area (Å²) in [4.78, 5) is 24.9. The molecule has 2 spiro atoms. The minimum absolute atomic E-state index is 0.152. The number of carbonyl (C=O) groups excluding carboxylic acids is 1. The highest BCUT2D eigenvalue weighted by Gasteiger charge is 2.87. The number of aromatic nitrogens is 4. The van der Waals surface area contributed by atoms with E-state index < -0.39 is 22.0 Å². The molecule has 45 heavy (non-hydrogen) atoms. The zero-order valence-electron chi connectivity index (χ0n) is 25.6. The van der Waals surface area contributed by atoms with Crippen molar-refractivity contribution in [2.45, 2.75) is 75.5 Å². The third kappa shape index (κ3) is 4.77. The number of nitrogens with zero attached hydrogens (tertiary/aromatic N) is 5. The second kappa shape index (κ2) is 9.89. The van der Waals surface area contributed by atoms with E-state index >= 15 is 0 Å². The summed E-state index contributed by atoms with van der Waals surface area (Å²) in [5, 5.41) is 18.4. The van der Waals surface area contributed by atoms with Crippen LogP contribution in [0.15, 0.2) is 47.6 Å². The van der Waals surface area contributed by atoms with Gasteiger partial charge < -0.3 is 20.1 Å². The second-order valence-corrected chi connectivity index (χ2v) is 15.8. The largest absolute Gasteiger partial charge is 0.474 e. The molecule has 3 aliphatic carbocycles. The lowest BCUT2D eigenvalue weighted by molar-refractivity contribution is 0.0768. The van der Waals surface area contributed by atoms with Crippen molar-refractivity contribution in [3.8, 4) is 11.7 Å². The molecular formula is C32H39N7O5S. The van der Waals surface area contributed by atoms with Gasteiger partial charge in [-0.3, -0.25) is 4.79 Å². The van der Waals surface area contributed by atoms with Crippen LogP contribution in [-0.2, 0) is 10.0 Å².